The first-order chi connectivity index (χ1) is 7.72. The van der Waals surface area contributed by atoms with Crippen LogP contribution in [0, 0.1) is 0 Å². The number of ether oxygens (including phenoxy) is 1. The van der Waals surface area contributed by atoms with Crippen LogP contribution in [0.3, 0.4) is 0 Å². The molecule has 1 aromatic heterocycles. The first-order valence-electron chi connectivity index (χ1n) is 4.30. The Balaban J connectivity index is 2.59. The van der Waals surface area contributed by atoms with Crippen LogP contribution in [0.15, 0.2) is 23.1 Å². The molecule has 2 rings (SSSR count). The second-order valence-electron chi connectivity index (χ2n) is 2.89. The van der Waals surface area contributed by atoms with Gasteiger partial charge in [0, 0.05) is 5.56 Å². The van der Waals surface area contributed by atoms with Gasteiger partial charge in [0.25, 0.3) is 0 Å². The van der Waals surface area contributed by atoms with E-state index in [4.69, 9.17) is 9.88 Å². The number of tetrazole rings is 1. The van der Waals surface area contributed by atoms with E-state index in [1.54, 1.807) is 18.2 Å². The van der Waals surface area contributed by atoms with Crippen LogP contribution < -0.4 is 9.88 Å². The van der Waals surface area contributed by atoms with E-state index in [1.165, 1.54) is 7.11 Å². The van der Waals surface area contributed by atoms with Gasteiger partial charge < -0.3 is 4.74 Å². The van der Waals surface area contributed by atoms with E-state index >= 15 is 0 Å². The highest BCUT2D eigenvalue weighted by molar-refractivity contribution is 7.82. The van der Waals surface area contributed by atoms with Gasteiger partial charge in [0.05, 0.1) is 12.0 Å². The van der Waals surface area contributed by atoms with E-state index in [2.05, 4.69) is 20.6 Å². The highest BCUT2D eigenvalue weighted by Crippen LogP contribution is 2.26. The van der Waals surface area contributed by atoms with Gasteiger partial charge in [0.2, 0.25) is 5.82 Å². The van der Waals surface area contributed by atoms with E-state index in [1.807, 2.05) is 0 Å². The lowest BCUT2D eigenvalue weighted by atomic mass is 10.2. The second-order valence-corrected chi connectivity index (χ2v) is 3.93. The van der Waals surface area contributed by atoms with Gasteiger partial charge in [-0.3, -0.25) is 0 Å². The van der Waals surface area contributed by atoms with Gasteiger partial charge in [-0.2, -0.15) is 5.21 Å². The number of nitrogens with two attached hydrogens (primary N) is 1. The van der Waals surface area contributed by atoms with Gasteiger partial charge in [0.1, 0.15) is 16.7 Å². The minimum absolute atomic E-state index is 0.327. The van der Waals surface area contributed by atoms with Crippen LogP contribution in [-0.4, -0.2) is 31.9 Å². The highest BCUT2D eigenvalue weighted by atomic mass is 32.2. The summed E-state index contributed by atoms with van der Waals surface area (Å²) in [6.07, 6.45) is 0. The highest BCUT2D eigenvalue weighted by Gasteiger charge is 2.13. The number of rotatable bonds is 3. The average molecular weight is 239 g/mol. The van der Waals surface area contributed by atoms with Gasteiger partial charge in [-0.1, -0.05) is 0 Å². The molecular formula is C8H9N5O2S. The molecule has 1 heterocycles. The van der Waals surface area contributed by atoms with Crippen LogP contribution in [-0.2, 0) is 11.0 Å². The molecule has 7 nitrogen and oxygen atoms in total. The second kappa shape index (κ2) is 4.37. The number of hydrogen-bond acceptors (Lipinski definition) is 5. The summed E-state index contributed by atoms with van der Waals surface area (Å²) in [5, 5.41) is 18.7. The molecule has 84 valence electrons. The molecule has 1 unspecified atom stereocenters. The Morgan fingerprint density at radius 3 is 2.88 bits per heavy atom. The Bertz CT molecular complexity index is 513. The molecule has 0 radical (unpaired) electrons. The summed E-state index contributed by atoms with van der Waals surface area (Å²) < 4.78 is 16.4. The van der Waals surface area contributed by atoms with E-state index < -0.39 is 11.0 Å². The lowest BCUT2D eigenvalue weighted by Gasteiger charge is -2.05. The minimum Gasteiger partial charge on any atom is -0.497 e. The van der Waals surface area contributed by atoms with Crippen LogP contribution in [0.5, 0.6) is 5.75 Å². The lowest BCUT2D eigenvalue weighted by Crippen LogP contribution is -2.05. The van der Waals surface area contributed by atoms with Gasteiger partial charge in [0.15, 0.2) is 0 Å². The summed E-state index contributed by atoms with van der Waals surface area (Å²) >= 11 is 0. The Morgan fingerprint density at radius 2 is 2.31 bits per heavy atom. The fourth-order valence-corrected chi connectivity index (χ4v) is 1.83. The number of nitrogens with zero attached hydrogens (tertiary/aromatic N) is 3. The number of nitrogens with one attached hydrogen (secondary N) is 1. The molecule has 0 aliphatic carbocycles. The molecule has 2 aromatic rings. The van der Waals surface area contributed by atoms with Crippen LogP contribution >= 0.6 is 0 Å². The normalized spacial score (nSPS) is 12.4. The predicted octanol–water partition coefficient (Wildman–Crippen LogP) is -0.143. The van der Waals surface area contributed by atoms with Crippen LogP contribution in [0.25, 0.3) is 11.4 Å². The van der Waals surface area contributed by atoms with Crippen molar-refractivity contribution in [2.75, 3.05) is 7.11 Å². The number of aromatic nitrogens is 4. The summed E-state index contributed by atoms with van der Waals surface area (Å²) in [6.45, 7) is 0. The average Bonchev–Trinajstić information content (AvgIpc) is 2.81. The molecule has 0 spiro atoms. The molecule has 0 aliphatic rings. The summed E-state index contributed by atoms with van der Waals surface area (Å²) in [4.78, 5) is 0.433. The number of aromatic amines is 1. The van der Waals surface area contributed by atoms with Crippen molar-refractivity contribution in [1.82, 2.24) is 20.6 Å². The van der Waals surface area contributed by atoms with E-state index in [9.17, 15) is 4.21 Å². The summed E-state index contributed by atoms with van der Waals surface area (Å²) in [7, 11) is -0.0765. The van der Waals surface area contributed by atoms with Crippen molar-refractivity contribution < 1.29 is 8.95 Å². The van der Waals surface area contributed by atoms with Crippen molar-refractivity contribution in [3.63, 3.8) is 0 Å². The molecule has 0 saturated carbocycles. The first kappa shape index (κ1) is 10.7. The topological polar surface area (TPSA) is 107 Å². The Kier molecular flexibility index (Phi) is 2.93. The number of benzene rings is 1. The molecule has 1 atom stereocenters. The zero-order chi connectivity index (χ0) is 11.5. The fraction of sp³-hybridized carbons (Fsp3) is 0.125. The lowest BCUT2D eigenvalue weighted by molar-refractivity contribution is 0.414. The molecule has 0 aliphatic heterocycles. The van der Waals surface area contributed by atoms with Gasteiger partial charge in [-0.15, -0.1) is 10.2 Å². The molecular weight excluding hydrogens is 230 g/mol. The molecule has 1 aromatic carbocycles. The van der Waals surface area contributed by atoms with Crippen molar-refractivity contribution >= 4 is 11.0 Å². The zero-order valence-corrected chi connectivity index (χ0v) is 9.19. The smallest absolute Gasteiger partial charge is 0.206 e. The molecule has 0 bridgehead atoms. The summed E-state index contributed by atoms with van der Waals surface area (Å²) in [5.41, 5.74) is 0.536. The molecule has 3 N–H and O–H groups in total. The van der Waals surface area contributed by atoms with Gasteiger partial charge in [-0.25, -0.2) is 9.35 Å². The maximum absolute atomic E-state index is 11.3. The van der Waals surface area contributed by atoms with Gasteiger partial charge in [-0.05, 0) is 23.4 Å². The minimum atomic E-state index is -1.61. The van der Waals surface area contributed by atoms with E-state index in [0.29, 0.717) is 22.0 Å². The van der Waals surface area contributed by atoms with Crippen molar-refractivity contribution in [2.45, 2.75) is 4.90 Å². The van der Waals surface area contributed by atoms with Gasteiger partial charge >= 0.3 is 0 Å². The zero-order valence-electron chi connectivity index (χ0n) is 8.38. The summed E-state index contributed by atoms with van der Waals surface area (Å²) in [6, 6.07) is 4.94. The standard InChI is InChI=1S/C8H9N5O2S/c1-15-5-2-3-7(16(9)14)6(4-5)8-10-12-13-11-8/h2-4H,9H2,1H3,(H,10,11,12,13). The maximum Gasteiger partial charge on any atom is 0.206 e. The Morgan fingerprint density at radius 1 is 1.50 bits per heavy atom. The van der Waals surface area contributed by atoms with Crippen molar-refractivity contribution in [3.05, 3.63) is 18.2 Å². The third-order valence-electron chi connectivity index (χ3n) is 1.99. The monoisotopic (exact) mass is 239 g/mol. The molecule has 16 heavy (non-hydrogen) atoms. The Hall–Kier alpha value is -1.80. The van der Waals surface area contributed by atoms with Crippen LogP contribution in [0.1, 0.15) is 0 Å². The Labute approximate surface area is 93.6 Å². The summed E-state index contributed by atoms with van der Waals surface area (Å²) in [5.74, 6) is 0.932. The number of H-pyrrole nitrogens is 1. The fourth-order valence-electron chi connectivity index (χ4n) is 1.26. The number of methoxy groups -OCH3 is 1. The molecule has 0 fully saturated rings. The predicted molar refractivity (Wildman–Crippen MR) is 56.8 cm³/mol. The van der Waals surface area contributed by atoms with Crippen LogP contribution in [0.2, 0.25) is 0 Å². The van der Waals surface area contributed by atoms with Crippen molar-refractivity contribution in [1.29, 1.82) is 0 Å². The first-order valence-corrected chi connectivity index (χ1v) is 5.51. The molecule has 0 saturated heterocycles. The van der Waals surface area contributed by atoms with E-state index in [0.717, 1.165) is 0 Å². The van der Waals surface area contributed by atoms with E-state index in [-0.39, 0.29) is 0 Å². The van der Waals surface area contributed by atoms with Crippen LogP contribution in [0.4, 0.5) is 0 Å². The largest absolute Gasteiger partial charge is 0.497 e. The number of hydrogen-bond donors (Lipinski definition) is 2. The van der Waals surface area contributed by atoms with Crippen molar-refractivity contribution in [2.24, 2.45) is 5.14 Å². The molecule has 0 amide bonds. The SMILES string of the molecule is COc1ccc(S(N)=O)c(-c2nn[nH]n2)c1. The quantitative estimate of drug-likeness (QED) is 0.775. The van der Waals surface area contributed by atoms with Crippen molar-refractivity contribution in [3.8, 4) is 17.1 Å². The molecule has 8 heteroatoms. The third kappa shape index (κ3) is 1.92. The maximum atomic E-state index is 11.3. The third-order valence-corrected chi connectivity index (χ3v) is 2.78.